The fraction of sp³-hybridized carbons (Fsp3) is 0.429. The number of hydrogen-bond acceptors (Lipinski definition) is 3. The lowest BCUT2D eigenvalue weighted by atomic mass is 10.2. The average Bonchev–Trinajstić information content (AvgIpc) is 2.32. The minimum atomic E-state index is 0.123. The molecule has 0 aliphatic heterocycles. The lowest BCUT2D eigenvalue weighted by molar-refractivity contribution is 0.317. The van der Waals surface area contributed by atoms with E-state index < -0.39 is 0 Å². The van der Waals surface area contributed by atoms with Gasteiger partial charge < -0.3 is 10.9 Å². The van der Waals surface area contributed by atoms with Gasteiger partial charge in [-0.05, 0) is 6.92 Å². The molecule has 0 spiro atoms. The predicted octanol–water partition coefficient (Wildman–Crippen LogP) is 0.671. The van der Waals surface area contributed by atoms with Crippen molar-refractivity contribution in [2.75, 3.05) is 0 Å². The summed E-state index contributed by atoms with van der Waals surface area (Å²) >= 11 is 5.92. The van der Waals surface area contributed by atoms with Gasteiger partial charge in [-0.1, -0.05) is 16.8 Å². The van der Waals surface area contributed by atoms with Crippen LogP contribution in [0, 0.1) is 6.92 Å². The minimum absolute atomic E-state index is 0.123. The van der Waals surface area contributed by atoms with Gasteiger partial charge >= 0.3 is 0 Å². The van der Waals surface area contributed by atoms with Gasteiger partial charge in [0.25, 0.3) is 0 Å². The molecule has 1 aromatic heterocycles. The third-order valence-electron chi connectivity index (χ3n) is 1.76. The van der Waals surface area contributed by atoms with Gasteiger partial charge in [-0.2, -0.15) is 5.10 Å². The summed E-state index contributed by atoms with van der Waals surface area (Å²) in [5.74, 6) is 0.123. The smallest absolute Gasteiger partial charge is 0.143 e. The van der Waals surface area contributed by atoms with Crippen LogP contribution < -0.4 is 5.73 Å². The van der Waals surface area contributed by atoms with Crippen LogP contribution in [0.1, 0.15) is 11.3 Å². The van der Waals surface area contributed by atoms with Crippen LogP contribution in [-0.2, 0) is 13.5 Å². The van der Waals surface area contributed by atoms with Crippen molar-refractivity contribution < 1.29 is 5.21 Å². The molecule has 0 aliphatic carbocycles. The maximum absolute atomic E-state index is 8.38. The van der Waals surface area contributed by atoms with Crippen LogP contribution in [0.3, 0.4) is 0 Å². The Balaban J connectivity index is 3.00. The van der Waals surface area contributed by atoms with E-state index in [0.717, 1.165) is 11.3 Å². The molecule has 0 aliphatic rings. The maximum atomic E-state index is 8.38. The van der Waals surface area contributed by atoms with Gasteiger partial charge in [0, 0.05) is 19.0 Å². The monoisotopic (exact) mass is 202 g/mol. The Bertz CT molecular complexity index is 345. The normalized spacial score (nSPS) is 12.1. The lowest BCUT2D eigenvalue weighted by Crippen LogP contribution is -2.15. The van der Waals surface area contributed by atoms with Gasteiger partial charge in [0.2, 0.25) is 0 Å². The van der Waals surface area contributed by atoms with Crippen molar-refractivity contribution in [1.82, 2.24) is 9.78 Å². The molecule has 0 amide bonds. The molecule has 13 heavy (non-hydrogen) atoms. The van der Waals surface area contributed by atoms with E-state index in [1.807, 2.05) is 6.92 Å². The molecule has 0 unspecified atom stereocenters. The molecule has 3 N–H and O–H groups in total. The average molecular weight is 203 g/mol. The highest BCUT2D eigenvalue weighted by Crippen LogP contribution is 2.18. The zero-order valence-electron chi connectivity index (χ0n) is 7.45. The Hall–Kier alpha value is -1.23. The van der Waals surface area contributed by atoms with Crippen LogP contribution in [0.2, 0.25) is 5.15 Å². The van der Waals surface area contributed by atoms with Crippen molar-refractivity contribution in [1.29, 1.82) is 0 Å². The largest absolute Gasteiger partial charge is 0.409 e. The number of nitrogens with zero attached hydrogens (tertiary/aromatic N) is 3. The van der Waals surface area contributed by atoms with Crippen molar-refractivity contribution in [3.63, 3.8) is 0 Å². The van der Waals surface area contributed by atoms with E-state index in [4.69, 9.17) is 22.5 Å². The molecule has 0 atom stereocenters. The molecular weight excluding hydrogens is 192 g/mol. The fourth-order valence-corrected chi connectivity index (χ4v) is 1.33. The highest BCUT2D eigenvalue weighted by Gasteiger charge is 2.12. The van der Waals surface area contributed by atoms with E-state index in [1.165, 1.54) is 0 Å². The number of rotatable bonds is 2. The van der Waals surface area contributed by atoms with Gasteiger partial charge in [-0.15, -0.1) is 0 Å². The molecule has 6 heteroatoms. The molecule has 1 aromatic rings. The molecule has 1 heterocycles. The standard InChI is InChI=1S/C7H11ClN4O/c1-4-5(3-6(9)11-13)7(8)12(2)10-4/h13H,3H2,1-2H3,(H2,9,11). The summed E-state index contributed by atoms with van der Waals surface area (Å²) in [6.07, 6.45) is 0.314. The summed E-state index contributed by atoms with van der Waals surface area (Å²) in [4.78, 5) is 0. The maximum Gasteiger partial charge on any atom is 0.143 e. The highest BCUT2D eigenvalue weighted by atomic mass is 35.5. The van der Waals surface area contributed by atoms with Crippen LogP contribution in [0.4, 0.5) is 0 Å². The minimum Gasteiger partial charge on any atom is -0.409 e. The summed E-state index contributed by atoms with van der Waals surface area (Å²) in [6, 6.07) is 0. The van der Waals surface area contributed by atoms with E-state index >= 15 is 0 Å². The molecular formula is C7H11ClN4O. The Morgan fingerprint density at radius 1 is 1.77 bits per heavy atom. The van der Waals surface area contributed by atoms with Crippen LogP contribution in [-0.4, -0.2) is 20.8 Å². The zero-order valence-corrected chi connectivity index (χ0v) is 8.21. The second-order valence-electron chi connectivity index (χ2n) is 2.75. The van der Waals surface area contributed by atoms with Gasteiger partial charge in [0.15, 0.2) is 0 Å². The Labute approximate surface area is 80.8 Å². The van der Waals surface area contributed by atoms with Crippen molar-refractivity contribution in [2.24, 2.45) is 17.9 Å². The van der Waals surface area contributed by atoms with Crippen LogP contribution in [0.15, 0.2) is 5.16 Å². The van der Waals surface area contributed by atoms with E-state index in [9.17, 15) is 0 Å². The highest BCUT2D eigenvalue weighted by molar-refractivity contribution is 6.30. The topological polar surface area (TPSA) is 76.4 Å². The summed E-state index contributed by atoms with van der Waals surface area (Å²) < 4.78 is 1.55. The fourth-order valence-electron chi connectivity index (χ4n) is 1.09. The SMILES string of the molecule is Cc1nn(C)c(Cl)c1CC(N)=NO. The van der Waals surface area contributed by atoms with Crippen LogP contribution >= 0.6 is 11.6 Å². The number of oxime groups is 1. The lowest BCUT2D eigenvalue weighted by Gasteiger charge is -1.97. The van der Waals surface area contributed by atoms with Crippen LogP contribution in [0.5, 0.6) is 0 Å². The quantitative estimate of drug-likeness (QED) is 0.320. The molecule has 0 aromatic carbocycles. The van der Waals surface area contributed by atoms with E-state index in [1.54, 1.807) is 11.7 Å². The molecule has 72 valence electrons. The second kappa shape index (κ2) is 3.66. The third-order valence-corrected chi connectivity index (χ3v) is 2.23. The van der Waals surface area contributed by atoms with E-state index in [-0.39, 0.29) is 5.84 Å². The first kappa shape index (κ1) is 9.85. The number of amidine groups is 1. The van der Waals surface area contributed by atoms with Gasteiger partial charge in [0.05, 0.1) is 5.69 Å². The predicted molar refractivity (Wildman–Crippen MR) is 50.1 cm³/mol. The summed E-state index contributed by atoms with van der Waals surface area (Å²) in [5, 5.41) is 15.9. The van der Waals surface area contributed by atoms with Gasteiger partial charge in [-0.3, -0.25) is 4.68 Å². The molecule has 0 saturated carbocycles. The van der Waals surface area contributed by atoms with Gasteiger partial charge in [-0.25, -0.2) is 0 Å². The Kier molecular flexibility index (Phi) is 2.77. The van der Waals surface area contributed by atoms with Crippen molar-refractivity contribution in [3.05, 3.63) is 16.4 Å². The number of aryl methyl sites for hydroxylation is 2. The van der Waals surface area contributed by atoms with Crippen molar-refractivity contribution >= 4 is 17.4 Å². The first-order valence-corrected chi connectivity index (χ1v) is 4.08. The Morgan fingerprint density at radius 3 is 2.77 bits per heavy atom. The Morgan fingerprint density at radius 2 is 2.38 bits per heavy atom. The molecule has 0 bridgehead atoms. The second-order valence-corrected chi connectivity index (χ2v) is 3.10. The molecule has 0 saturated heterocycles. The number of nitrogens with two attached hydrogens (primary N) is 1. The summed E-state index contributed by atoms with van der Waals surface area (Å²) in [7, 11) is 1.74. The van der Waals surface area contributed by atoms with Crippen molar-refractivity contribution in [3.8, 4) is 0 Å². The molecule has 1 rings (SSSR count). The molecule has 0 fully saturated rings. The van der Waals surface area contributed by atoms with Gasteiger partial charge in [0.1, 0.15) is 11.0 Å². The third kappa shape index (κ3) is 1.92. The summed E-state index contributed by atoms with van der Waals surface area (Å²) in [6.45, 7) is 1.83. The number of halogens is 1. The van der Waals surface area contributed by atoms with E-state index in [2.05, 4.69) is 10.3 Å². The number of hydrogen-bond donors (Lipinski definition) is 2. The van der Waals surface area contributed by atoms with Crippen molar-refractivity contribution in [2.45, 2.75) is 13.3 Å². The summed E-state index contributed by atoms with van der Waals surface area (Å²) in [5.41, 5.74) is 6.94. The molecule has 5 nitrogen and oxygen atoms in total. The molecule has 0 radical (unpaired) electrons. The first-order valence-electron chi connectivity index (χ1n) is 3.70. The number of aromatic nitrogens is 2. The zero-order chi connectivity index (χ0) is 10.0. The first-order chi connectivity index (χ1) is 6.06. The van der Waals surface area contributed by atoms with E-state index in [0.29, 0.717) is 11.6 Å². The van der Waals surface area contributed by atoms with Crippen LogP contribution in [0.25, 0.3) is 0 Å².